The van der Waals surface area contributed by atoms with E-state index in [-0.39, 0.29) is 11.3 Å². The first-order valence-corrected chi connectivity index (χ1v) is 11.5. The molecule has 0 saturated heterocycles. The van der Waals surface area contributed by atoms with E-state index < -0.39 is 23.5 Å². The first-order valence-electron chi connectivity index (χ1n) is 11.1. The lowest BCUT2D eigenvalue weighted by Crippen LogP contribution is -2.31. The lowest BCUT2D eigenvalue weighted by Gasteiger charge is -2.27. The van der Waals surface area contributed by atoms with Gasteiger partial charge in [-0.15, -0.1) is 0 Å². The van der Waals surface area contributed by atoms with Crippen molar-refractivity contribution in [2.24, 2.45) is 0 Å². The van der Waals surface area contributed by atoms with E-state index in [0.717, 1.165) is 5.56 Å². The third kappa shape index (κ3) is 3.87. The van der Waals surface area contributed by atoms with Gasteiger partial charge in [-0.25, -0.2) is 0 Å². The maximum absolute atomic E-state index is 13.8. The number of furan rings is 1. The van der Waals surface area contributed by atoms with E-state index in [4.69, 9.17) is 25.5 Å². The van der Waals surface area contributed by atoms with Crippen molar-refractivity contribution in [2.45, 2.75) is 13.0 Å². The number of anilines is 1. The Bertz CT molecular complexity index is 1540. The monoisotopic (exact) mass is 503 g/mol. The van der Waals surface area contributed by atoms with Crippen LogP contribution in [0.15, 0.2) is 82.5 Å². The van der Waals surface area contributed by atoms with Crippen molar-refractivity contribution in [3.63, 3.8) is 0 Å². The van der Waals surface area contributed by atoms with Gasteiger partial charge < -0.3 is 19.0 Å². The molecule has 1 amide bonds. The van der Waals surface area contributed by atoms with Gasteiger partial charge in [0.1, 0.15) is 5.75 Å². The van der Waals surface area contributed by atoms with E-state index in [9.17, 15) is 14.7 Å². The smallest absolute Gasteiger partial charge is 0.294 e. The summed E-state index contributed by atoms with van der Waals surface area (Å²) in [6.45, 7) is 1.93. The van der Waals surface area contributed by atoms with Crippen LogP contribution in [0.5, 0.6) is 11.5 Å². The molecule has 1 aromatic heterocycles. The van der Waals surface area contributed by atoms with Crippen molar-refractivity contribution in [2.75, 3.05) is 19.1 Å². The summed E-state index contributed by atoms with van der Waals surface area (Å²) in [6.07, 6.45) is 0. The van der Waals surface area contributed by atoms with Crippen LogP contribution in [0.2, 0.25) is 5.02 Å². The summed E-state index contributed by atoms with van der Waals surface area (Å²) in [5.74, 6) is -1.10. The van der Waals surface area contributed by atoms with Crippen LogP contribution in [0.3, 0.4) is 0 Å². The largest absolute Gasteiger partial charge is 0.503 e. The van der Waals surface area contributed by atoms with E-state index in [2.05, 4.69) is 0 Å². The Morgan fingerprint density at radius 2 is 1.78 bits per heavy atom. The van der Waals surface area contributed by atoms with Gasteiger partial charge in [-0.2, -0.15) is 0 Å². The number of nitrogens with zero attached hydrogens (tertiary/aromatic N) is 1. The number of amides is 1. The summed E-state index contributed by atoms with van der Waals surface area (Å²) >= 11 is 6.17. The fourth-order valence-corrected chi connectivity index (χ4v) is 4.63. The van der Waals surface area contributed by atoms with E-state index >= 15 is 0 Å². The predicted octanol–water partition coefficient (Wildman–Crippen LogP) is 6.19. The summed E-state index contributed by atoms with van der Waals surface area (Å²) in [5, 5.41) is 12.0. The average molecular weight is 504 g/mol. The number of aliphatic hydroxyl groups excluding tert-OH is 1. The molecule has 182 valence electrons. The lowest BCUT2D eigenvalue weighted by molar-refractivity contribution is -0.117. The van der Waals surface area contributed by atoms with Crippen LogP contribution >= 0.6 is 11.6 Å². The molecule has 0 radical (unpaired) electrons. The molecule has 1 aliphatic heterocycles. The molecule has 3 aromatic carbocycles. The molecule has 5 rings (SSSR count). The van der Waals surface area contributed by atoms with Crippen LogP contribution in [-0.4, -0.2) is 31.0 Å². The van der Waals surface area contributed by atoms with Crippen LogP contribution in [0, 0.1) is 6.92 Å². The molecule has 7 nitrogen and oxygen atoms in total. The summed E-state index contributed by atoms with van der Waals surface area (Å²) in [4.78, 5) is 28.6. The fraction of sp³-hybridized carbons (Fsp3) is 0.143. The standard InChI is InChI=1S/C28H22ClNO6/c1-15-7-9-19(10-8-15)30-24(16-5-4-6-20(12-16)34-2)23(26(32)28(30)33)25(31)21-13-17-11-18(29)14-22(35-3)27(17)36-21/h4-14,24,32H,1-3H3. The predicted molar refractivity (Wildman–Crippen MR) is 136 cm³/mol. The minimum atomic E-state index is -0.915. The maximum Gasteiger partial charge on any atom is 0.294 e. The Labute approximate surface area is 212 Å². The number of benzene rings is 3. The van der Waals surface area contributed by atoms with Crippen LogP contribution in [0.25, 0.3) is 11.0 Å². The van der Waals surface area contributed by atoms with Crippen molar-refractivity contribution >= 4 is 39.9 Å². The molecule has 0 aliphatic carbocycles. The number of rotatable bonds is 6. The Morgan fingerprint density at radius 3 is 2.47 bits per heavy atom. The first kappa shape index (κ1) is 23.5. The number of ketones is 1. The van der Waals surface area contributed by atoms with Gasteiger partial charge in [-0.3, -0.25) is 14.5 Å². The minimum absolute atomic E-state index is 0.0569. The number of halogens is 1. The number of carbonyl (C=O) groups is 2. The molecule has 1 unspecified atom stereocenters. The molecule has 1 aliphatic rings. The van der Waals surface area contributed by atoms with E-state index in [1.54, 1.807) is 48.5 Å². The van der Waals surface area contributed by atoms with Gasteiger partial charge in [0.2, 0.25) is 5.78 Å². The third-order valence-corrected chi connectivity index (χ3v) is 6.38. The third-order valence-electron chi connectivity index (χ3n) is 6.17. The topological polar surface area (TPSA) is 89.2 Å². The quantitative estimate of drug-likeness (QED) is 0.315. The SMILES string of the molecule is COc1cccc(C2C(C(=O)c3cc4cc(Cl)cc(OC)c4o3)=C(O)C(=O)N2c2ccc(C)cc2)c1. The number of carbonyl (C=O) groups excluding carboxylic acids is 2. The number of hydrogen-bond acceptors (Lipinski definition) is 6. The van der Waals surface area contributed by atoms with Crippen molar-refractivity contribution in [3.05, 3.63) is 100.0 Å². The molecule has 8 heteroatoms. The Hall–Kier alpha value is -4.23. The second-order valence-corrected chi connectivity index (χ2v) is 8.85. The highest BCUT2D eigenvalue weighted by Gasteiger charge is 2.45. The average Bonchev–Trinajstić information content (AvgIpc) is 3.42. The van der Waals surface area contributed by atoms with Gasteiger partial charge >= 0.3 is 0 Å². The van der Waals surface area contributed by atoms with Gasteiger partial charge in [0.15, 0.2) is 22.9 Å². The normalized spacial score (nSPS) is 15.6. The molecule has 2 heterocycles. The lowest BCUT2D eigenvalue weighted by atomic mass is 9.94. The number of Topliss-reactive ketones (excluding diaryl/α,β-unsaturated/α-hetero) is 1. The highest BCUT2D eigenvalue weighted by molar-refractivity contribution is 6.31. The molecule has 1 N–H and O–H groups in total. The molecule has 0 bridgehead atoms. The zero-order chi connectivity index (χ0) is 25.6. The van der Waals surface area contributed by atoms with Crippen LogP contribution < -0.4 is 14.4 Å². The number of fused-ring (bicyclic) bond motifs is 1. The first-order chi connectivity index (χ1) is 17.3. The van der Waals surface area contributed by atoms with Gasteiger partial charge in [0.05, 0.1) is 25.8 Å². The Morgan fingerprint density at radius 1 is 1.03 bits per heavy atom. The Kier molecular flexibility index (Phi) is 5.94. The van der Waals surface area contributed by atoms with E-state index in [1.807, 2.05) is 19.1 Å². The summed E-state index contributed by atoms with van der Waals surface area (Å²) in [6, 6.07) is 18.1. The number of aryl methyl sites for hydroxylation is 1. The molecular formula is C28H22ClNO6. The number of hydrogen-bond donors (Lipinski definition) is 1. The summed E-state index contributed by atoms with van der Waals surface area (Å²) in [5.41, 5.74) is 2.37. The second-order valence-electron chi connectivity index (χ2n) is 8.42. The van der Waals surface area contributed by atoms with E-state index in [0.29, 0.717) is 38.7 Å². The van der Waals surface area contributed by atoms with Gasteiger partial charge in [0, 0.05) is 22.2 Å². The number of ether oxygens (including phenoxy) is 2. The number of methoxy groups -OCH3 is 2. The van der Waals surface area contributed by atoms with Gasteiger partial charge in [-0.05, 0) is 48.9 Å². The number of aliphatic hydroxyl groups is 1. The van der Waals surface area contributed by atoms with Gasteiger partial charge in [0.25, 0.3) is 5.91 Å². The Balaban J connectivity index is 1.67. The summed E-state index contributed by atoms with van der Waals surface area (Å²) < 4.78 is 16.6. The van der Waals surface area contributed by atoms with Crippen LogP contribution in [0.4, 0.5) is 5.69 Å². The van der Waals surface area contributed by atoms with E-state index in [1.165, 1.54) is 25.2 Å². The molecular weight excluding hydrogens is 482 g/mol. The zero-order valence-corrected chi connectivity index (χ0v) is 20.5. The summed E-state index contributed by atoms with van der Waals surface area (Å²) in [7, 11) is 3.00. The van der Waals surface area contributed by atoms with Crippen molar-refractivity contribution in [1.29, 1.82) is 0 Å². The van der Waals surface area contributed by atoms with Gasteiger partial charge in [-0.1, -0.05) is 41.4 Å². The molecule has 0 saturated carbocycles. The highest BCUT2D eigenvalue weighted by Crippen LogP contribution is 2.43. The van der Waals surface area contributed by atoms with Crippen LogP contribution in [0.1, 0.15) is 27.7 Å². The molecule has 0 fully saturated rings. The van der Waals surface area contributed by atoms with Crippen LogP contribution in [-0.2, 0) is 4.79 Å². The second kappa shape index (κ2) is 9.09. The minimum Gasteiger partial charge on any atom is -0.503 e. The fourth-order valence-electron chi connectivity index (χ4n) is 4.42. The van der Waals surface area contributed by atoms with Crippen molar-refractivity contribution in [1.82, 2.24) is 0 Å². The molecule has 36 heavy (non-hydrogen) atoms. The molecule has 4 aromatic rings. The zero-order valence-electron chi connectivity index (χ0n) is 19.7. The van der Waals surface area contributed by atoms with Crippen molar-refractivity contribution in [3.8, 4) is 11.5 Å². The maximum atomic E-state index is 13.8. The molecule has 0 spiro atoms. The van der Waals surface area contributed by atoms with Crippen molar-refractivity contribution < 1.29 is 28.6 Å². The molecule has 1 atom stereocenters. The highest BCUT2D eigenvalue weighted by atomic mass is 35.5.